The van der Waals surface area contributed by atoms with Gasteiger partial charge in [-0.2, -0.15) is 0 Å². The molecule has 0 bridgehead atoms. The average Bonchev–Trinajstić information content (AvgIpc) is 3.10. The average molecular weight is 507 g/mol. The molecule has 1 unspecified atom stereocenters. The van der Waals surface area contributed by atoms with E-state index in [1.165, 1.54) is 24.3 Å². The zero-order valence-corrected chi connectivity index (χ0v) is 20.2. The van der Waals surface area contributed by atoms with Crippen molar-refractivity contribution < 1.29 is 28.3 Å². The number of imide groups is 1. The van der Waals surface area contributed by atoms with Gasteiger partial charge in [-0.15, -0.1) is 0 Å². The third-order valence-corrected chi connectivity index (χ3v) is 6.29. The summed E-state index contributed by atoms with van der Waals surface area (Å²) in [5, 5.41) is 0.438. The molecule has 0 radical (unpaired) electrons. The summed E-state index contributed by atoms with van der Waals surface area (Å²) in [6, 6.07) is 8.12. The Balaban J connectivity index is 1.73. The monoisotopic (exact) mass is 506 g/mol. The summed E-state index contributed by atoms with van der Waals surface area (Å²) in [4.78, 5) is 54.8. The molecule has 1 atom stereocenters. The molecule has 2 aliphatic rings. The normalized spacial score (nSPS) is 19.9. The highest BCUT2D eigenvalue weighted by atomic mass is 35.5. The first-order chi connectivity index (χ1) is 15.8. The first-order valence-electron chi connectivity index (χ1n) is 10.5. The van der Waals surface area contributed by atoms with Crippen LogP contribution in [0.25, 0.3) is 0 Å². The second-order valence-corrected chi connectivity index (χ2v) is 10.1. The van der Waals surface area contributed by atoms with Crippen LogP contribution in [0.4, 0.5) is 10.1 Å². The standard InChI is InChI=1S/C24H21Cl2FN2O5/c1-23(2,3)34-20(31)12-28-18-7-4-14(25)9-16(18)24(21(28)32)10-19(30)29(22(24)33)11-13-8-15(27)5-6-17(13)26/h4-9H,10-12H2,1-3H3. The van der Waals surface area contributed by atoms with Crippen LogP contribution in [0, 0.1) is 5.82 Å². The molecular weight excluding hydrogens is 486 g/mol. The molecule has 2 aromatic carbocycles. The van der Waals surface area contributed by atoms with Crippen LogP contribution in [0.5, 0.6) is 0 Å². The molecule has 2 heterocycles. The number of esters is 1. The summed E-state index contributed by atoms with van der Waals surface area (Å²) >= 11 is 12.3. The fourth-order valence-electron chi connectivity index (χ4n) is 4.31. The van der Waals surface area contributed by atoms with E-state index in [4.69, 9.17) is 27.9 Å². The molecule has 1 saturated heterocycles. The predicted molar refractivity (Wildman–Crippen MR) is 123 cm³/mol. The number of carbonyl (C=O) groups is 4. The minimum absolute atomic E-state index is 0.177. The van der Waals surface area contributed by atoms with Crippen LogP contribution >= 0.6 is 23.2 Å². The van der Waals surface area contributed by atoms with Crippen LogP contribution in [0.3, 0.4) is 0 Å². The second kappa shape index (κ2) is 8.36. The molecule has 0 saturated carbocycles. The van der Waals surface area contributed by atoms with Crippen LogP contribution < -0.4 is 4.90 Å². The lowest BCUT2D eigenvalue weighted by atomic mass is 9.80. The van der Waals surface area contributed by atoms with Crippen molar-refractivity contribution >= 4 is 52.6 Å². The van der Waals surface area contributed by atoms with Crippen LogP contribution in [-0.2, 0) is 35.9 Å². The molecule has 1 fully saturated rings. The molecular formula is C24H21Cl2FN2O5. The largest absolute Gasteiger partial charge is 0.459 e. The van der Waals surface area contributed by atoms with Gasteiger partial charge in [0.2, 0.25) is 17.7 Å². The van der Waals surface area contributed by atoms with E-state index in [-0.39, 0.29) is 27.7 Å². The van der Waals surface area contributed by atoms with Crippen molar-refractivity contribution in [2.75, 3.05) is 11.4 Å². The second-order valence-electron chi connectivity index (χ2n) is 9.24. The summed E-state index contributed by atoms with van der Waals surface area (Å²) in [7, 11) is 0. The number of likely N-dealkylation sites (tertiary alicyclic amines) is 1. The number of hydrogen-bond donors (Lipinski definition) is 0. The highest BCUT2D eigenvalue weighted by molar-refractivity contribution is 6.33. The van der Waals surface area contributed by atoms with Gasteiger partial charge in [-0.25, -0.2) is 4.39 Å². The van der Waals surface area contributed by atoms with E-state index in [0.717, 1.165) is 21.9 Å². The SMILES string of the molecule is CC(C)(C)OC(=O)CN1C(=O)C2(CC(=O)N(Cc3cc(F)ccc3Cl)C2=O)c2cc(Cl)ccc21. The van der Waals surface area contributed by atoms with Crippen LogP contribution in [0.1, 0.15) is 38.3 Å². The molecule has 0 aliphatic carbocycles. The number of amides is 3. The number of halogens is 3. The smallest absolute Gasteiger partial charge is 0.326 e. The highest BCUT2D eigenvalue weighted by Gasteiger charge is 2.64. The number of fused-ring (bicyclic) bond motifs is 2. The molecule has 0 N–H and O–H groups in total. The van der Waals surface area contributed by atoms with Crippen LogP contribution in [-0.4, -0.2) is 40.7 Å². The highest BCUT2D eigenvalue weighted by Crippen LogP contribution is 2.49. The van der Waals surface area contributed by atoms with Gasteiger partial charge >= 0.3 is 5.97 Å². The Kier molecular flexibility index (Phi) is 5.94. The third kappa shape index (κ3) is 4.05. The Morgan fingerprint density at radius 2 is 1.74 bits per heavy atom. The molecule has 3 amide bonds. The maximum absolute atomic E-state index is 13.7. The van der Waals surface area contributed by atoms with E-state index < -0.39 is 53.5 Å². The maximum atomic E-state index is 13.7. The van der Waals surface area contributed by atoms with Gasteiger partial charge in [-0.1, -0.05) is 23.2 Å². The van der Waals surface area contributed by atoms with Gasteiger partial charge in [-0.3, -0.25) is 29.0 Å². The molecule has 0 aromatic heterocycles. The Bertz CT molecular complexity index is 1240. The zero-order chi connectivity index (χ0) is 25.0. The van der Waals surface area contributed by atoms with E-state index in [0.29, 0.717) is 5.69 Å². The van der Waals surface area contributed by atoms with Crippen LogP contribution in [0.15, 0.2) is 36.4 Å². The van der Waals surface area contributed by atoms with Crippen molar-refractivity contribution in [3.8, 4) is 0 Å². The molecule has 1 spiro atoms. The Morgan fingerprint density at radius 3 is 2.41 bits per heavy atom. The number of ether oxygens (including phenoxy) is 1. The lowest BCUT2D eigenvalue weighted by molar-refractivity contribution is -0.154. The van der Waals surface area contributed by atoms with Crippen molar-refractivity contribution in [3.63, 3.8) is 0 Å². The van der Waals surface area contributed by atoms with E-state index in [9.17, 15) is 23.6 Å². The first kappa shape index (κ1) is 24.2. The summed E-state index contributed by atoms with van der Waals surface area (Å²) in [6.45, 7) is 4.34. The van der Waals surface area contributed by atoms with E-state index >= 15 is 0 Å². The zero-order valence-electron chi connectivity index (χ0n) is 18.7. The molecule has 4 rings (SSSR count). The van der Waals surface area contributed by atoms with Gasteiger partial charge in [0.25, 0.3) is 0 Å². The van der Waals surface area contributed by atoms with Gasteiger partial charge in [-0.05, 0) is 62.7 Å². The molecule has 2 aliphatic heterocycles. The van der Waals surface area contributed by atoms with Crippen molar-refractivity contribution in [1.82, 2.24) is 4.90 Å². The van der Waals surface area contributed by atoms with Gasteiger partial charge in [0.05, 0.1) is 13.0 Å². The summed E-state index contributed by atoms with van der Waals surface area (Å²) in [5.74, 6) is -3.37. The molecule has 2 aromatic rings. The van der Waals surface area contributed by atoms with E-state index in [1.807, 2.05) is 0 Å². The summed E-state index contributed by atoms with van der Waals surface area (Å²) in [5.41, 5.74) is -1.89. The Hall–Kier alpha value is -2.97. The molecule has 178 valence electrons. The van der Waals surface area contributed by atoms with Crippen molar-refractivity contribution in [2.24, 2.45) is 0 Å². The first-order valence-corrected chi connectivity index (χ1v) is 11.2. The lowest BCUT2D eigenvalue weighted by Gasteiger charge is -2.24. The topological polar surface area (TPSA) is 84.0 Å². The molecule has 7 nitrogen and oxygen atoms in total. The summed E-state index contributed by atoms with van der Waals surface area (Å²) < 4.78 is 19.1. The quantitative estimate of drug-likeness (QED) is 0.355. The van der Waals surface area contributed by atoms with E-state index in [2.05, 4.69) is 0 Å². The van der Waals surface area contributed by atoms with Gasteiger partial charge in [0.15, 0.2) is 5.41 Å². The minimum atomic E-state index is -1.88. The molecule has 34 heavy (non-hydrogen) atoms. The third-order valence-electron chi connectivity index (χ3n) is 5.69. The van der Waals surface area contributed by atoms with Gasteiger partial charge < -0.3 is 4.74 Å². The number of benzene rings is 2. The number of hydrogen-bond acceptors (Lipinski definition) is 5. The number of rotatable bonds is 4. The van der Waals surface area contributed by atoms with Gasteiger partial charge in [0, 0.05) is 21.3 Å². The van der Waals surface area contributed by atoms with Gasteiger partial charge in [0.1, 0.15) is 18.0 Å². The Morgan fingerprint density at radius 1 is 1.06 bits per heavy atom. The van der Waals surface area contributed by atoms with Crippen molar-refractivity contribution in [3.05, 3.63) is 63.4 Å². The fourth-order valence-corrected chi connectivity index (χ4v) is 4.66. The van der Waals surface area contributed by atoms with E-state index in [1.54, 1.807) is 20.8 Å². The fraction of sp³-hybridized carbons (Fsp3) is 0.333. The predicted octanol–water partition coefficient (Wildman–Crippen LogP) is 4.02. The number of anilines is 1. The minimum Gasteiger partial charge on any atom is -0.459 e. The van der Waals surface area contributed by atoms with Crippen molar-refractivity contribution in [2.45, 2.75) is 44.8 Å². The van der Waals surface area contributed by atoms with Crippen molar-refractivity contribution in [1.29, 1.82) is 0 Å². The number of carbonyl (C=O) groups excluding carboxylic acids is 4. The Labute approximate surface area is 205 Å². The molecule has 10 heteroatoms. The van der Waals surface area contributed by atoms with Crippen LogP contribution in [0.2, 0.25) is 10.0 Å². The maximum Gasteiger partial charge on any atom is 0.326 e. The number of nitrogens with zero attached hydrogens (tertiary/aromatic N) is 2. The lowest BCUT2D eigenvalue weighted by Crippen LogP contribution is -2.48. The summed E-state index contributed by atoms with van der Waals surface area (Å²) in [6.07, 6.45) is -0.449.